The van der Waals surface area contributed by atoms with Crippen LogP contribution < -0.4 is 0 Å². The minimum atomic E-state index is -4.54. The molecule has 0 aromatic heterocycles. The lowest BCUT2D eigenvalue weighted by Crippen LogP contribution is -2.47. The predicted molar refractivity (Wildman–Crippen MR) is 131 cm³/mol. The number of piperidine rings is 1. The van der Waals surface area contributed by atoms with Gasteiger partial charge in [0.05, 0.1) is 17.6 Å². The molecule has 1 saturated heterocycles. The monoisotopic (exact) mass is 507 g/mol. The molecule has 0 unspecified atom stereocenters. The second-order valence-electron chi connectivity index (χ2n) is 9.65. The highest BCUT2D eigenvalue weighted by molar-refractivity contribution is 7.99. The van der Waals surface area contributed by atoms with E-state index in [2.05, 4.69) is 0 Å². The molecule has 1 amide bonds. The highest BCUT2D eigenvalue weighted by Crippen LogP contribution is 2.36. The first-order valence-electron chi connectivity index (χ1n) is 11.9. The molecular weight excluding hydrogens is 475 g/mol. The van der Waals surface area contributed by atoms with Gasteiger partial charge >= 0.3 is 6.18 Å². The molecule has 2 aromatic carbocycles. The topological polar surface area (TPSA) is 57.6 Å². The summed E-state index contributed by atoms with van der Waals surface area (Å²) in [5.41, 5.74) is -0.724. The zero-order valence-electron chi connectivity index (χ0n) is 20.3. The highest BCUT2D eigenvalue weighted by Gasteiger charge is 2.35. The molecule has 0 radical (unpaired) electrons. The number of hydrogen-bond acceptors (Lipinski definition) is 4. The summed E-state index contributed by atoms with van der Waals surface area (Å²) < 4.78 is 40.7. The van der Waals surface area contributed by atoms with Crippen LogP contribution in [0.1, 0.15) is 67.9 Å². The van der Waals surface area contributed by atoms with E-state index in [4.69, 9.17) is 0 Å². The van der Waals surface area contributed by atoms with Crippen molar-refractivity contribution >= 4 is 23.5 Å². The van der Waals surface area contributed by atoms with E-state index in [1.54, 1.807) is 42.2 Å². The van der Waals surface area contributed by atoms with Crippen LogP contribution >= 0.6 is 11.8 Å². The maximum absolute atomic E-state index is 13.6. The van der Waals surface area contributed by atoms with Gasteiger partial charge in [0, 0.05) is 34.9 Å². The van der Waals surface area contributed by atoms with Gasteiger partial charge in [-0.25, -0.2) is 0 Å². The summed E-state index contributed by atoms with van der Waals surface area (Å²) in [4.78, 5) is 27.4. The molecule has 3 rings (SSSR count). The van der Waals surface area contributed by atoms with Crippen LogP contribution in [0.3, 0.4) is 0 Å². The summed E-state index contributed by atoms with van der Waals surface area (Å²) in [6.45, 7) is 6.64. The van der Waals surface area contributed by atoms with Gasteiger partial charge in [0.1, 0.15) is 0 Å². The molecule has 0 bridgehead atoms. The van der Waals surface area contributed by atoms with Gasteiger partial charge in [-0.2, -0.15) is 13.2 Å². The number of ketones is 1. The highest BCUT2D eigenvalue weighted by atomic mass is 32.2. The Morgan fingerprint density at radius 2 is 1.69 bits per heavy atom. The number of hydrogen-bond donors (Lipinski definition) is 1. The van der Waals surface area contributed by atoms with Crippen molar-refractivity contribution in [2.45, 2.75) is 74.4 Å². The Bertz CT molecular complexity index is 1040. The van der Waals surface area contributed by atoms with Crippen LogP contribution in [0.4, 0.5) is 13.2 Å². The first-order chi connectivity index (χ1) is 16.4. The van der Waals surface area contributed by atoms with Crippen LogP contribution in [0.25, 0.3) is 0 Å². The maximum atomic E-state index is 13.6. The second-order valence-corrected chi connectivity index (χ2v) is 10.8. The zero-order valence-corrected chi connectivity index (χ0v) is 21.1. The molecule has 190 valence electrons. The van der Waals surface area contributed by atoms with Crippen LogP contribution in [-0.4, -0.2) is 40.4 Å². The minimum Gasteiger partial charge on any atom is -0.390 e. The molecule has 0 spiro atoms. The second kappa shape index (κ2) is 11.2. The van der Waals surface area contributed by atoms with E-state index >= 15 is 0 Å². The third-order valence-electron chi connectivity index (χ3n) is 6.22. The average Bonchev–Trinajstić information content (AvgIpc) is 2.78. The number of likely N-dealkylation sites (tertiary alicyclic amines) is 1. The molecular formula is C27H32F3NO3S. The summed E-state index contributed by atoms with van der Waals surface area (Å²) in [5, 5.41) is 10.7. The number of nitrogens with zero attached hydrogens (tertiary/aromatic N) is 1. The zero-order chi connectivity index (χ0) is 25.8. The molecule has 0 saturated carbocycles. The largest absolute Gasteiger partial charge is 0.416 e. The quantitative estimate of drug-likeness (QED) is 0.421. The number of benzene rings is 2. The number of halogens is 3. The van der Waals surface area contributed by atoms with Crippen LogP contribution in [-0.2, 0) is 17.4 Å². The Balaban J connectivity index is 1.74. The van der Waals surface area contributed by atoms with Crippen LogP contribution in [0.2, 0.25) is 0 Å². The fourth-order valence-electron chi connectivity index (χ4n) is 4.46. The third-order valence-corrected chi connectivity index (χ3v) is 7.20. The lowest BCUT2D eigenvalue weighted by molar-refractivity contribution is -0.138. The van der Waals surface area contributed by atoms with E-state index < -0.39 is 17.3 Å². The summed E-state index contributed by atoms with van der Waals surface area (Å²) in [6, 6.07) is 10.5. The minimum absolute atomic E-state index is 0.00164. The molecule has 1 fully saturated rings. The van der Waals surface area contributed by atoms with Crippen LogP contribution in [0.5, 0.6) is 0 Å². The van der Waals surface area contributed by atoms with Crippen molar-refractivity contribution in [1.29, 1.82) is 0 Å². The number of amides is 1. The van der Waals surface area contributed by atoms with E-state index in [0.717, 1.165) is 23.9 Å². The summed E-state index contributed by atoms with van der Waals surface area (Å²) in [5.74, 6) is 0.0997. The van der Waals surface area contributed by atoms with Gasteiger partial charge in [-0.3, -0.25) is 9.59 Å². The number of carbonyl (C=O) groups excluding carboxylic acids is 2. The average molecular weight is 508 g/mol. The van der Waals surface area contributed by atoms with Gasteiger partial charge in [-0.1, -0.05) is 44.7 Å². The maximum Gasteiger partial charge on any atom is 0.416 e. The van der Waals surface area contributed by atoms with Crippen molar-refractivity contribution in [2.24, 2.45) is 5.92 Å². The Hall–Kier alpha value is -2.32. The van der Waals surface area contributed by atoms with Gasteiger partial charge in [0.2, 0.25) is 5.91 Å². The molecule has 1 aliphatic rings. The van der Waals surface area contributed by atoms with Crippen molar-refractivity contribution in [3.05, 3.63) is 59.2 Å². The van der Waals surface area contributed by atoms with Gasteiger partial charge in [0.15, 0.2) is 5.78 Å². The fraction of sp³-hybridized carbons (Fsp3) is 0.481. The normalized spacial score (nSPS) is 15.9. The van der Waals surface area contributed by atoms with E-state index in [1.165, 1.54) is 0 Å². The Labute approximate surface area is 208 Å². The number of aliphatic hydroxyl groups is 1. The van der Waals surface area contributed by atoms with E-state index in [9.17, 15) is 27.9 Å². The van der Waals surface area contributed by atoms with Crippen molar-refractivity contribution in [2.75, 3.05) is 13.1 Å². The van der Waals surface area contributed by atoms with Crippen molar-refractivity contribution in [1.82, 2.24) is 4.90 Å². The van der Waals surface area contributed by atoms with Gasteiger partial charge in [-0.05, 0) is 61.1 Å². The predicted octanol–water partition coefficient (Wildman–Crippen LogP) is 6.39. The van der Waals surface area contributed by atoms with Crippen LogP contribution in [0.15, 0.2) is 52.3 Å². The molecule has 0 atom stereocenters. The Morgan fingerprint density at radius 1 is 1.06 bits per heavy atom. The lowest BCUT2D eigenvalue weighted by atomic mass is 9.84. The number of carbonyl (C=O) groups is 2. The van der Waals surface area contributed by atoms with Crippen molar-refractivity contribution in [3.8, 4) is 0 Å². The summed E-state index contributed by atoms with van der Waals surface area (Å²) in [7, 11) is 0. The standard InChI is InChI=1S/C27H32F3NO3S/c1-4-24(32)20-5-7-22(8-6-20)35-23-14-19(13-21(16-23)27(28,29)30)15-25(33)31-11-9-26(34,10-12-31)17-18(2)3/h5-8,13-14,16,18,34H,4,9-12,15,17H2,1-3H3. The molecule has 1 heterocycles. The Morgan fingerprint density at radius 3 is 2.23 bits per heavy atom. The smallest absolute Gasteiger partial charge is 0.390 e. The first-order valence-corrected chi connectivity index (χ1v) is 12.7. The van der Waals surface area contributed by atoms with E-state index in [-0.39, 0.29) is 18.1 Å². The molecule has 2 aromatic rings. The Kier molecular flexibility index (Phi) is 8.70. The lowest BCUT2D eigenvalue weighted by Gasteiger charge is -2.39. The summed E-state index contributed by atoms with van der Waals surface area (Å²) in [6.07, 6.45) is -2.69. The van der Waals surface area contributed by atoms with Crippen molar-refractivity contribution < 1.29 is 27.9 Å². The molecule has 1 aliphatic heterocycles. The SMILES string of the molecule is CCC(=O)c1ccc(Sc2cc(CC(=O)N3CCC(O)(CC(C)C)CC3)cc(C(F)(F)F)c2)cc1. The summed E-state index contributed by atoms with van der Waals surface area (Å²) >= 11 is 1.16. The molecule has 4 nitrogen and oxygen atoms in total. The molecule has 8 heteroatoms. The number of rotatable bonds is 8. The van der Waals surface area contributed by atoms with Gasteiger partial charge in [0.25, 0.3) is 0 Å². The van der Waals surface area contributed by atoms with E-state index in [0.29, 0.717) is 65.6 Å². The van der Waals surface area contributed by atoms with Crippen molar-refractivity contribution in [3.63, 3.8) is 0 Å². The number of Topliss-reactive ketones (excluding diaryl/α,β-unsaturated/α-hetero) is 1. The van der Waals surface area contributed by atoms with E-state index in [1.807, 2.05) is 13.8 Å². The number of alkyl halides is 3. The molecule has 1 N–H and O–H groups in total. The van der Waals surface area contributed by atoms with Crippen LogP contribution in [0, 0.1) is 5.92 Å². The van der Waals surface area contributed by atoms with Gasteiger partial charge in [-0.15, -0.1) is 0 Å². The fourth-order valence-corrected chi connectivity index (χ4v) is 5.40. The first kappa shape index (κ1) is 27.3. The molecule has 0 aliphatic carbocycles. The molecule has 35 heavy (non-hydrogen) atoms. The van der Waals surface area contributed by atoms with Gasteiger partial charge < -0.3 is 10.0 Å². The third kappa shape index (κ3) is 7.58.